The zero-order valence-electron chi connectivity index (χ0n) is 6.92. The van der Waals surface area contributed by atoms with E-state index in [0.29, 0.717) is 0 Å². The molecule has 15 heavy (non-hydrogen) atoms. The van der Waals surface area contributed by atoms with Crippen molar-refractivity contribution < 1.29 is 34.1 Å². The van der Waals surface area contributed by atoms with Crippen molar-refractivity contribution in [2.45, 2.75) is 5.09 Å². The molecule has 0 bridgehead atoms. The van der Waals surface area contributed by atoms with Gasteiger partial charge in [-0.1, -0.05) is 0 Å². The molecule has 0 amide bonds. The molecular formula is C7H4O7S. The number of carboxylic acid groups (broad SMARTS) is 3. The molecule has 80 valence electrons. The van der Waals surface area contributed by atoms with Crippen LogP contribution in [0, 0.1) is 0 Å². The molecule has 8 heteroatoms. The Labute approximate surface area is 87.3 Å². The predicted octanol–water partition coefficient (Wildman–Crippen LogP) is 0.663. The van der Waals surface area contributed by atoms with Crippen LogP contribution in [0.25, 0.3) is 0 Å². The van der Waals surface area contributed by atoms with Crippen LogP contribution in [0.2, 0.25) is 0 Å². The van der Waals surface area contributed by atoms with E-state index in [0.717, 1.165) is 0 Å². The van der Waals surface area contributed by atoms with Crippen molar-refractivity contribution >= 4 is 30.5 Å². The molecule has 0 atom stereocenters. The van der Waals surface area contributed by atoms with Gasteiger partial charge in [0.05, 0.1) is 0 Å². The van der Waals surface area contributed by atoms with Crippen LogP contribution < -0.4 is 0 Å². The molecule has 0 unspecified atom stereocenters. The van der Waals surface area contributed by atoms with E-state index in [9.17, 15) is 14.4 Å². The summed E-state index contributed by atoms with van der Waals surface area (Å²) in [7, 11) is 0. The van der Waals surface area contributed by atoms with Gasteiger partial charge in [-0.15, -0.1) is 12.6 Å². The van der Waals surface area contributed by atoms with Crippen LogP contribution in [0.3, 0.4) is 0 Å². The third-order valence-electron chi connectivity index (χ3n) is 1.51. The fourth-order valence-electron chi connectivity index (χ4n) is 0.972. The van der Waals surface area contributed by atoms with Crippen molar-refractivity contribution in [2.75, 3.05) is 0 Å². The van der Waals surface area contributed by atoms with E-state index in [1.165, 1.54) is 0 Å². The van der Waals surface area contributed by atoms with Gasteiger partial charge >= 0.3 is 17.9 Å². The van der Waals surface area contributed by atoms with E-state index in [-0.39, 0.29) is 0 Å². The second kappa shape index (κ2) is 3.65. The van der Waals surface area contributed by atoms with Crippen LogP contribution in [0.5, 0.6) is 0 Å². The van der Waals surface area contributed by atoms with Gasteiger partial charge in [-0.05, 0) is 0 Å². The van der Waals surface area contributed by atoms with Crippen molar-refractivity contribution in [3.63, 3.8) is 0 Å². The molecule has 1 rings (SSSR count). The molecule has 0 radical (unpaired) electrons. The molecule has 0 aliphatic carbocycles. The molecule has 0 fully saturated rings. The lowest BCUT2D eigenvalue weighted by Crippen LogP contribution is -2.10. The molecule has 0 aliphatic heterocycles. The molecule has 3 N–H and O–H groups in total. The van der Waals surface area contributed by atoms with E-state index in [1.54, 1.807) is 0 Å². The number of carbonyl (C=O) groups is 3. The minimum atomic E-state index is -1.70. The van der Waals surface area contributed by atoms with Crippen LogP contribution in [-0.4, -0.2) is 33.2 Å². The number of hydrogen-bond donors (Lipinski definition) is 4. The quantitative estimate of drug-likeness (QED) is 0.564. The molecule has 0 saturated carbocycles. The third-order valence-corrected chi connectivity index (χ3v) is 1.83. The van der Waals surface area contributed by atoms with E-state index >= 15 is 0 Å². The summed E-state index contributed by atoms with van der Waals surface area (Å²) in [6.45, 7) is 0. The van der Waals surface area contributed by atoms with Gasteiger partial charge in [0.1, 0.15) is 11.1 Å². The zero-order chi connectivity index (χ0) is 11.7. The van der Waals surface area contributed by atoms with Gasteiger partial charge in [-0.25, -0.2) is 14.4 Å². The highest BCUT2D eigenvalue weighted by molar-refractivity contribution is 7.80. The van der Waals surface area contributed by atoms with Gasteiger partial charge in [-0.2, -0.15) is 0 Å². The molecule has 1 heterocycles. The largest absolute Gasteiger partial charge is 0.478 e. The number of carboxylic acids is 3. The summed E-state index contributed by atoms with van der Waals surface area (Å²) in [5.74, 6) is -5.94. The number of rotatable bonds is 3. The summed E-state index contributed by atoms with van der Waals surface area (Å²) >= 11 is 3.54. The summed E-state index contributed by atoms with van der Waals surface area (Å²) < 4.78 is 4.43. The number of furan rings is 1. The average Bonchev–Trinajstić information content (AvgIpc) is 2.42. The first-order valence-electron chi connectivity index (χ1n) is 3.42. The topological polar surface area (TPSA) is 125 Å². The molecule has 0 aliphatic rings. The highest BCUT2D eigenvalue weighted by atomic mass is 32.1. The molecular weight excluding hydrogens is 228 g/mol. The first-order valence-corrected chi connectivity index (χ1v) is 3.86. The van der Waals surface area contributed by atoms with Gasteiger partial charge < -0.3 is 19.7 Å². The Morgan fingerprint density at radius 2 is 1.40 bits per heavy atom. The maximum Gasteiger partial charge on any atom is 0.372 e. The number of aromatic carboxylic acids is 3. The Kier molecular flexibility index (Phi) is 2.71. The smallest absolute Gasteiger partial charge is 0.372 e. The second-order valence-corrected chi connectivity index (χ2v) is 2.81. The van der Waals surface area contributed by atoms with Crippen molar-refractivity contribution in [3.8, 4) is 0 Å². The van der Waals surface area contributed by atoms with E-state index in [2.05, 4.69) is 17.0 Å². The molecule has 0 aromatic carbocycles. The number of thiol groups is 1. The molecule has 1 aromatic rings. The molecule has 1 aromatic heterocycles. The van der Waals surface area contributed by atoms with Crippen LogP contribution in [0.15, 0.2) is 9.51 Å². The van der Waals surface area contributed by atoms with Crippen molar-refractivity contribution in [1.29, 1.82) is 0 Å². The number of hydrogen-bond acceptors (Lipinski definition) is 5. The Bertz CT molecular complexity index is 458. The van der Waals surface area contributed by atoms with Gasteiger partial charge in [0.2, 0.25) is 5.76 Å². The van der Waals surface area contributed by atoms with Gasteiger partial charge in [0.15, 0.2) is 5.09 Å². The summed E-state index contributed by atoms with van der Waals surface area (Å²) in [6, 6.07) is 0. The van der Waals surface area contributed by atoms with E-state index in [4.69, 9.17) is 15.3 Å². The van der Waals surface area contributed by atoms with Gasteiger partial charge in [0.25, 0.3) is 0 Å². The lowest BCUT2D eigenvalue weighted by Gasteiger charge is -1.93. The Hall–Kier alpha value is -1.96. The first-order chi connectivity index (χ1) is 6.86. The first kappa shape index (κ1) is 11.1. The summed E-state index contributed by atoms with van der Waals surface area (Å²) in [4.78, 5) is 31.8. The van der Waals surface area contributed by atoms with Crippen LogP contribution >= 0.6 is 12.6 Å². The van der Waals surface area contributed by atoms with Crippen LogP contribution in [0.4, 0.5) is 0 Å². The van der Waals surface area contributed by atoms with Gasteiger partial charge in [-0.3, -0.25) is 0 Å². The predicted molar refractivity (Wildman–Crippen MR) is 46.8 cm³/mol. The molecule has 7 nitrogen and oxygen atoms in total. The Morgan fingerprint density at radius 1 is 0.933 bits per heavy atom. The monoisotopic (exact) mass is 232 g/mol. The van der Waals surface area contributed by atoms with Gasteiger partial charge in [0, 0.05) is 0 Å². The third kappa shape index (κ3) is 1.79. The van der Waals surface area contributed by atoms with Crippen molar-refractivity contribution in [3.05, 3.63) is 16.9 Å². The van der Waals surface area contributed by atoms with E-state index in [1.807, 2.05) is 0 Å². The maximum absolute atomic E-state index is 10.6. The maximum atomic E-state index is 10.6. The Balaban J connectivity index is 3.59. The van der Waals surface area contributed by atoms with Crippen molar-refractivity contribution in [2.24, 2.45) is 0 Å². The lowest BCUT2D eigenvalue weighted by molar-refractivity contribution is 0.0619. The summed E-state index contributed by atoms with van der Waals surface area (Å²) in [6.07, 6.45) is 0. The SMILES string of the molecule is O=C(O)c1oc(S)c(C(=O)O)c1C(=O)O. The minimum Gasteiger partial charge on any atom is -0.478 e. The van der Waals surface area contributed by atoms with Crippen LogP contribution in [0.1, 0.15) is 31.3 Å². The van der Waals surface area contributed by atoms with Crippen LogP contribution in [-0.2, 0) is 0 Å². The minimum absolute atomic E-state index is 0.558. The molecule has 0 saturated heterocycles. The molecule has 0 spiro atoms. The average molecular weight is 232 g/mol. The zero-order valence-corrected chi connectivity index (χ0v) is 7.82. The Morgan fingerprint density at radius 3 is 1.73 bits per heavy atom. The fourth-order valence-corrected chi connectivity index (χ4v) is 1.27. The lowest BCUT2D eigenvalue weighted by atomic mass is 10.1. The standard InChI is InChI=1S/C7H4O7S/c8-4(9)1-2(5(10)11)7(15)14-3(1)6(12)13/h15H,(H,8,9)(H,10,11)(H,12,13). The fraction of sp³-hybridized carbons (Fsp3) is 0. The van der Waals surface area contributed by atoms with Crippen molar-refractivity contribution in [1.82, 2.24) is 0 Å². The highest BCUT2D eigenvalue weighted by Gasteiger charge is 2.31. The summed E-state index contributed by atoms with van der Waals surface area (Å²) in [5, 5.41) is 25.3. The normalized spacial score (nSPS) is 9.93. The second-order valence-electron chi connectivity index (χ2n) is 2.40. The highest BCUT2D eigenvalue weighted by Crippen LogP contribution is 2.26. The summed E-state index contributed by atoms with van der Waals surface area (Å²) in [5.41, 5.74) is -1.69. The van der Waals surface area contributed by atoms with E-state index < -0.39 is 39.9 Å².